The standard InChI is InChI=1S/C22H30.C18H18Br4.C18H22.C16H18.C15H16.C14H14.C9H12.2C8H10/c1-9-22(8,20-10-14(2)18(6)15(3)11-20)21-12-16(4)19(7)17(5)13-21;1-7-9(3)15(19)13(16(20)10(7)4)14-17(21)11(5)8(2)12(6)18(14)22;1-11-7-17(8-12(2)15(11)5)18-9-13(3)16(6)14(4)10-18;1-11-5-7-15(9-13(11)3)16-8-6-12(2)14(4)10-16;1-12-3-7-14(8-4-12)11-15-9-5-13(2)6-10-15;1-11-3-7-13(8-4-11)14-9-5-12(2)6-10-14;1-7-4-5-8(2)9(3)6-7;1-7-3-5-8(2)6-4-7;1-7-4-3-5-8(2)6-7/h10-13H,9H2,1-8H3;1-6H3;7-10H,1-6H3;5-10H,1-4H3;3-10H,11H2,1-2H3;3-10H,1-2H3;4-6H,1-3H3;2*3-6H,1-2H3. The Kier molecular flexibility index (Phi) is 41.8. The summed E-state index contributed by atoms with van der Waals surface area (Å²) >= 11 is 15.3. The predicted molar refractivity (Wildman–Crippen MR) is 599 cm³/mol. The van der Waals surface area contributed by atoms with Gasteiger partial charge in [-0.15, -0.1) is 0 Å². The smallest absolute Gasteiger partial charge is 0.0297 e. The molecule has 0 spiro atoms. The highest BCUT2D eigenvalue weighted by molar-refractivity contribution is 9.11. The molecule has 4 heteroatoms. The van der Waals surface area contributed by atoms with E-state index in [2.05, 4.69) is 555 Å². The maximum Gasteiger partial charge on any atom is 0.0297 e. The molecular weight excluding hydrogens is 1860 g/mol. The molecule has 690 valence electrons. The zero-order chi connectivity index (χ0) is 98.2. The normalized spacial score (nSPS) is 10.6. The summed E-state index contributed by atoms with van der Waals surface area (Å²) in [6.45, 7) is 76.1. The molecule has 0 aliphatic heterocycles. The van der Waals surface area contributed by atoms with Crippen LogP contribution in [-0.2, 0) is 11.8 Å². The van der Waals surface area contributed by atoms with Gasteiger partial charge in [0.15, 0.2) is 0 Å². The third-order valence-electron chi connectivity index (χ3n) is 27.2. The first kappa shape index (κ1) is 109. The number of hydrogen-bond donors (Lipinski definition) is 0. The van der Waals surface area contributed by atoms with Crippen LogP contribution in [0.25, 0.3) is 44.5 Å². The van der Waals surface area contributed by atoms with Gasteiger partial charge in [0.25, 0.3) is 0 Å². The van der Waals surface area contributed by atoms with Gasteiger partial charge in [-0.3, -0.25) is 0 Å². The molecule has 0 aliphatic carbocycles. The quantitative estimate of drug-likeness (QED) is 0.135. The monoisotopic (exact) mass is 2000 g/mol. The Balaban J connectivity index is 0.000000207. The molecule has 0 unspecified atom stereocenters. The molecule has 0 saturated heterocycles. The van der Waals surface area contributed by atoms with Gasteiger partial charge in [0.05, 0.1) is 0 Å². The van der Waals surface area contributed by atoms with Crippen molar-refractivity contribution in [2.75, 3.05) is 0 Å². The first-order valence-corrected chi connectivity index (χ1v) is 50.0. The van der Waals surface area contributed by atoms with Crippen LogP contribution in [0.3, 0.4) is 0 Å². The van der Waals surface area contributed by atoms with Gasteiger partial charge in [-0.2, -0.15) is 0 Å². The summed E-state index contributed by atoms with van der Waals surface area (Å²) in [5.74, 6) is 0. The van der Waals surface area contributed by atoms with E-state index in [9.17, 15) is 0 Å². The number of benzene rings is 15. The maximum atomic E-state index is 3.82. The molecule has 0 fully saturated rings. The molecular formula is C128H150Br4. The van der Waals surface area contributed by atoms with Crippen LogP contribution < -0.4 is 0 Å². The van der Waals surface area contributed by atoms with Crippen molar-refractivity contribution >= 4 is 63.7 Å². The van der Waals surface area contributed by atoms with E-state index >= 15 is 0 Å². The van der Waals surface area contributed by atoms with Crippen LogP contribution in [0.5, 0.6) is 0 Å². The molecule has 0 amide bonds. The van der Waals surface area contributed by atoms with Crippen molar-refractivity contribution < 1.29 is 0 Å². The Morgan fingerprint density at radius 1 is 0.182 bits per heavy atom. The SMILES string of the molecule is CCC(C)(c1cc(C)c(C)c(C)c1)c1cc(C)c(C)c(C)c1.Cc1c(C)c(Br)c(-c2c(Br)c(C)c(C)c(C)c2Br)c(Br)c1C.Cc1cc(-c2cc(C)c(C)c(C)c2)cc(C)c1C.Cc1ccc(-c2ccc(C)c(C)c2)cc1C.Cc1ccc(-c2ccc(C)cc2)cc1.Cc1ccc(C)c(C)c1.Cc1ccc(C)cc1.Cc1ccc(Cc2ccc(C)cc2)cc1.Cc1cccc(C)c1. The fourth-order valence-electron chi connectivity index (χ4n) is 15.6. The van der Waals surface area contributed by atoms with Crippen LogP contribution in [0.2, 0.25) is 0 Å². The lowest BCUT2D eigenvalue weighted by molar-refractivity contribution is 0.548. The second-order valence-corrected chi connectivity index (χ2v) is 40.9. The van der Waals surface area contributed by atoms with Crippen LogP contribution in [0.15, 0.2) is 267 Å². The molecule has 132 heavy (non-hydrogen) atoms. The van der Waals surface area contributed by atoms with Crippen LogP contribution in [0.4, 0.5) is 0 Å². The minimum atomic E-state index is 0.0758. The average Bonchev–Trinajstić information content (AvgIpc) is 0.751. The van der Waals surface area contributed by atoms with Crippen LogP contribution in [0, 0.1) is 228 Å². The van der Waals surface area contributed by atoms with Crippen molar-refractivity contribution in [2.24, 2.45) is 0 Å². The first-order chi connectivity index (χ1) is 62.0. The van der Waals surface area contributed by atoms with E-state index < -0.39 is 0 Å². The molecule has 0 atom stereocenters. The second-order valence-electron chi connectivity index (χ2n) is 37.8. The Bertz CT molecular complexity index is 5890. The highest BCUT2D eigenvalue weighted by Gasteiger charge is 2.29. The van der Waals surface area contributed by atoms with Crippen molar-refractivity contribution in [1.29, 1.82) is 0 Å². The predicted octanol–water partition coefficient (Wildman–Crippen LogP) is 39.4. The Morgan fingerprint density at radius 2 is 0.394 bits per heavy atom. The number of rotatable bonds is 9. The zero-order valence-electron chi connectivity index (χ0n) is 86.6. The molecule has 0 aliphatic rings. The second kappa shape index (κ2) is 50.5. The topological polar surface area (TPSA) is 0 Å². The lowest BCUT2D eigenvalue weighted by Gasteiger charge is -2.32. The fraction of sp³-hybridized carbons (Fsp3) is 0.297. The van der Waals surface area contributed by atoms with Crippen LogP contribution in [-0.4, -0.2) is 0 Å². The van der Waals surface area contributed by atoms with Crippen LogP contribution in [0.1, 0.15) is 226 Å². The minimum Gasteiger partial charge on any atom is -0.0642 e. The average molecular weight is 2010 g/mol. The van der Waals surface area contributed by atoms with E-state index in [4.69, 9.17) is 0 Å². The van der Waals surface area contributed by atoms with Gasteiger partial charge < -0.3 is 0 Å². The summed E-state index contributed by atoms with van der Waals surface area (Å²) in [5.41, 5.74) is 60.6. The number of aryl methyl sites for hydroxylation is 23. The van der Waals surface area contributed by atoms with Crippen molar-refractivity contribution in [3.8, 4) is 44.5 Å². The molecule has 0 N–H and O–H groups in total. The molecule has 0 heterocycles. The number of halogens is 4. The summed E-state index contributed by atoms with van der Waals surface area (Å²) in [5, 5.41) is 0. The van der Waals surface area contributed by atoms with Crippen molar-refractivity contribution in [3.05, 3.63) is 472 Å². The van der Waals surface area contributed by atoms with Gasteiger partial charge in [-0.1, -0.05) is 313 Å². The number of hydrogen-bond acceptors (Lipinski definition) is 0. The first-order valence-electron chi connectivity index (χ1n) is 46.8. The maximum absolute atomic E-state index is 3.82. The highest BCUT2D eigenvalue weighted by atomic mass is 79.9. The Labute approximate surface area is 834 Å². The molecule has 0 bridgehead atoms. The lowest BCUT2D eigenvalue weighted by Crippen LogP contribution is -2.23. The van der Waals surface area contributed by atoms with Crippen molar-refractivity contribution in [3.63, 3.8) is 0 Å². The Hall–Kier alpha value is -9.78. The van der Waals surface area contributed by atoms with E-state index in [1.807, 2.05) is 0 Å². The molecule has 15 aromatic rings. The van der Waals surface area contributed by atoms with Gasteiger partial charge in [0, 0.05) is 34.4 Å². The summed E-state index contributed by atoms with van der Waals surface area (Å²) < 4.78 is 4.58. The minimum absolute atomic E-state index is 0.0758. The van der Waals surface area contributed by atoms with E-state index in [1.165, 1.54) is 250 Å². The Morgan fingerprint density at radius 3 is 0.629 bits per heavy atom. The molecule has 15 aromatic carbocycles. The molecule has 0 saturated carbocycles. The lowest BCUT2D eigenvalue weighted by atomic mass is 9.72. The van der Waals surface area contributed by atoms with Crippen molar-refractivity contribution in [2.45, 2.75) is 261 Å². The third kappa shape index (κ3) is 30.6. The van der Waals surface area contributed by atoms with E-state index in [1.54, 1.807) is 0 Å². The summed E-state index contributed by atoms with van der Waals surface area (Å²) in [4.78, 5) is 0. The van der Waals surface area contributed by atoms with Gasteiger partial charge in [0.1, 0.15) is 0 Å². The summed E-state index contributed by atoms with van der Waals surface area (Å²) in [6.07, 6.45) is 2.14. The van der Waals surface area contributed by atoms with Crippen LogP contribution >= 0.6 is 63.7 Å². The van der Waals surface area contributed by atoms with Gasteiger partial charge in [0.2, 0.25) is 0 Å². The molecule has 0 nitrogen and oxygen atoms in total. The van der Waals surface area contributed by atoms with E-state index in [0.29, 0.717) is 0 Å². The molecule has 0 aromatic heterocycles. The van der Waals surface area contributed by atoms with Gasteiger partial charge in [-0.05, 0) is 494 Å². The van der Waals surface area contributed by atoms with E-state index in [-0.39, 0.29) is 5.41 Å². The van der Waals surface area contributed by atoms with Gasteiger partial charge >= 0.3 is 0 Å². The fourth-order valence-corrected chi connectivity index (χ4v) is 18.9. The summed E-state index contributed by atoms with van der Waals surface area (Å²) in [6, 6.07) is 90.2. The summed E-state index contributed by atoms with van der Waals surface area (Å²) in [7, 11) is 0. The molecule has 0 radical (unpaired) electrons. The van der Waals surface area contributed by atoms with E-state index in [0.717, 1.165) is 30.7 Å². The molecule has 15 rings (SSSR count). The van der Waals surface area contributed by atoms with Crippen molar-refractivity contribution in [1.82, 2.24) is 0 Å². The zero-order valence-corrected chi connectivity index (χ0v) is 92.9. The third-order valence-corrected chi connectivity index (χ3v) is 31.2. The largest absolute Gasteiger partial charge is 0.0642 e. The van der Waals surface area contributed by atoms with Gasteiger partial charge in [-0.25, -0.2) is 0 Å². The highest BCUT2D eigenvalue weighted by Crippen LogP contribution is 2.50.